The molecule has 0 saturated carbocycles. The SMILES string of the molecule is O=C(Cn1ncccc1=O)NCc1nc(C2CCOCC2)no1. The van der Waals surface area contributed by atoms with E-state index in [9.17, 15) is 9.59 Å². The molecule has 0 atom stereocenters. The molecule has 0 bridgehead atoms. The Labute approximate surface area is 131 Å². The standard InChI is InChI=1S/C14H17N5O4/c20-11(9-19-13(21)2-1-5-16-19)15-8-12-17-14(18-23-12)10-3-6-22-7-4-10/h1-2,5,10H,3-4,6-9H2,(H,15,20). The van der Waals surface area contributed by atoms with E-state index < -0.39 is 0 Å². The van der Waals surface area contributed by atoms with Crippen LogP contribution in [0.15, 0.2) is 27.6 Å². The maximum atomic E-state index is 11.8. The number of hydrogen-bond donors (Lipinski definition) is 1. The summed E-state index contributed by atoms with van der Waals surface area (Å²) in [6.07, 6.45) is 3.19. The molecule has 0 radical (unpaired) electrons. The van der Waals surface area contributed by atoms with Crippen LogP contribution < -0.4 is 10.9 Å². The Bertz CT molecular complexity index is 720. The molecule has 1 amide bonds. The van der Waals surface area contributed by atoms with E-state index in [-0.39, 0.29) is 30.5 Å². The number of nitrogens with zero attached hydrogens (tertiary/aromatic N) is 4. The molecule has 1 fully saturated rings. The summed E-state index contributed by atoms with van der Waals surface area (Å²) in [5.41, 5.74) is -0.331. The number of aromatic nitrogens is 4. The normalized spacial score (nSPS) is 15.5. The van der Waals surface area contributed by atoms with E-state index in [0.717, 1.165) is 17.5 Å². The molecule has 1 N–H and O–H groups in total. The summed E-state index contributed by atoms with van der Waals surface area (Å²) in [7, 11) is 0. The third-order valence-electron chi connectivity index (χ3n) is 3.59. The minimum absolute atomic E-state index is 0.122. The smallest absolute Gasteiger partial charge is 0.267 e. The van der Waals surface area contributed by atoms with Gasteiger partial charge in [0.25, 0.3) is 5.56 Å². The van der Waals surface area contributed by atoms with Gasteiger partial charge in [0, 0.05) is 31.4 Å². The van der Waals surface area contributed by atoms with Gasteiger partial charge in [0.1, 0.15) is 6.54 Å². The molecular formula is C14H17N5O4. The van der Waals surface area contributed by atoms with Crippen molar-refractivity contribution in [1.29, 1.82) is 0 Å². The van der Waals surface area contributed by atoms with E-state index >= 15 is 0 Å². The molecule has 1 aliphatic rings. The van der Waals surface area contributed by atoms with Gasteiger partial charge in [-0.05, 0) is 18.9 Å². The zero-order chi connectivity index (χ0) is 16.1. The van der Waals surface area contributed by atoms with Crippen LogP contribution in [0.5, 0.6) is 0 Å². The Morgan fingerprint density at radius 3 is 3.00 bits per heavy atom. The van der Waals surface area contributed by atoms with Crippen molar-refractivity contribution in [1.82, 2.24) is 25.2 Å². The Hall–Kier alpha value is -2.55. The van der Waals surface area contributed by atoms with Gasteiger partial charge in [-0.3, -0.25) is 9.59 Å². The maximum absolute atomic E-state index is 11.8. The van der Waals surface area contributed by atoms with E-state index in [0.29, 0.717) is 24.9 Å². The zero-order valence-corrected chi connectivity index (χ0v) is 12.5. The van der Waals surface area contributed by atoms with Crippen molar-refractivity contribution in [3.8, 4) is 0 Å². The molecule has 1 saturated heterocycles. The highest BCUT2D eigenvalue weighted by molar-refractivity contribution is 5.75. The first kappa shape index (κ1) is 15.3. The van der Waals surface area contributed by atoms with Crippen LogP contribution >= 0.6 is 0 Å². The molecule has 9 heteroatoms. The molecule has 3 heterocycles. The lowest BCUT2D eigenvalue weighted by atomic mass is 10.00. The Morgan fingerprint density at radius 2 is 2.22 bits per heavy atom. The van der Waals surface area contributed by atoms with Crippen LogP contribution in [-0.4, -0.2) is 39.0 Å². The zero-order valence-electron chi connectivity index (χ0n) is 12.5. The molecule has 9 nitrogen and oxygen atoms in total. The average Bonchev–Trinajstić information content (AvgIpc) is 3.05. The topological polar surface area (TPSA) is 112 Å². The lowest BCUT2D eigenvalue weighted by Crippen LogP contribution is -2.32. The fourth-order valence-corrected chi connectivity index (χ4v) is 2.33. The van der Waals surface area contributed by atoms with Crippen LogP contribution in [-0.2, 0) is 22.6 Å². The molecule has 1 aliphatic heterocycles. The summed E-state index contributed by atoms with van der Waals surface area (Å²) in [6, 6.07) is 2.87. The lowest BCUT2D eigenvalue weighted by molar-refractivity contribution is -0.122. The van der Waals surface area contributed by atoms with Gasteiger partial charge in [0.2, 0.25) is 11.8 Å². The number of rotatable bonds is 5. The highest BCUT2D eigenvalue weighted by Crippen LogP contribution is 2.24. The minimum Gasteiger partial charge on any atom is -0.381 e. The number of amides is 1. The molecule has 0 unspecified atom stereocenters. The van der Waals surface area contributed by atoms with Crippen LogP contribution in [0.1, 0.15) is 30.5 Å². The van der Waals surface area contributed by atoms with Crippen molar-refractivity contribution >= 4 is 5.91 Å². The minimum atomic E-state index is -0.350. The van der Waals surface area contributed by atoms with E-state index in [2.05, 4.69) is 20.6 Å². The second kappa shape index (κ2) is 7.14. The lowest BCUT2D eigenvalue weighted by Gasteiger charge is -2.18. The van der Waals surface area contributed by atoms with E-state index in [1.165, 1.54) is 18.3 Å². The average molecular weight is 319 g/mol. The Kier molecular flexibility index (Phi) is 4.77. The highest BCUT2D eigenvalue weighted by Gasteiger charge is 2.21. The van der Waals surface area contributed by atoms with Crippen molar-refractivity contribution in [3.05, 3.63) is 40.4 Å². The molecule has 0 aromatic carbocycles. The van der Waals surface area contributed by atoms with Crippen molar-refractivity contribution in [3.63, 3.8) is 0 Å². The van der Waals surface area contributed by atoms with Crippen molar-refractivity contribution in [2.45, 2.75) is 31.8 Å². The van der Waals surface area contributed by atoms with Gasteiger partial charge in [-0.25, -0.2) is 4.68 Å². The number of nitrogens with one attached hydrogen (secondary N) is 1. The van der Waals surface area contributed by atoms with Crippen LogP contribution in [0, 0.1) is 0 Å². The molecule has 23 heavy (non-hydrogen) atoms. The molecule has 0 aliphatic carbocycles. The van der Waals surface area contributed by atoms with Crippen LogP contribution in [0.25, 0.3) is 0 Å². The summed E-state index contributed by atoms with van der Waals surface area (Å²) >= 11 is 0. The van der Waals surface area contributed by atoms with E-state index in [4.69, 9.17) is 9.26 Å². The fourth-order valence-electron chi connectivity index (χ4n) is 2.33. The molecular weight excluding hydrogens is 302 g/mol. The largest absolute Gasteiger partial charge is 0.381 e. The van der Waals surface area contributed by atoms with Crippen molar-refractivity contribution in [2.75, 3.05) is 13.2 Å². The summed E-state index contributed by atoms with van der Waals surface area (Å²) in [4.78, 5) is 27.6. The van der Waals surface area contributed by atoms with Gasteiger partial charge >= 0.3 is 0 Å². The predicted octanol–water partition coefficient (Wildman–Crippen LogP) is -0.163. The van der Waals surface area contributed by atoms with Crippen molar-refractivity contribution < 1.29 is 14.1 Å². The fraction of sp³-hybridized carbons (Fsp3) is 0.500. The van der Waals surface area contributed by atoms with Crippen LogP contribution in [0.2, 0.25) is 0 Å². The van der Waals surface area contributed by atoms with Gasteiger partial charge in [0.05, 0.1) is 6.54 Å². The maximum Gasteiger partial charge on any atom is 0.267 e. The first-order chi connectivity index (χ1) is 11.2. The Balaban J connectivity index is 1.52. The predicted molar refractivity (Wildman–Crippen MR) is 77.4 cm³/mol. The van der Waals surface area contributed by atoms with Gasteiger partial charge in [-0.2, -0.15) is 10.1 Å². The second-order valence-corrected chi connectivity index (χ2v) is 5.23. The molecule has 2 aromatic heterocycles. The Morgan fingerprint density at radius 1 is 1.39 bits per heavy atom. The number of hydrogen-bond acceptors (Lipinski definition) is 7. The van der Waals surface area contributed by atoms with Gasteiger partial charge in [0.15, 0.2) is 5.82 Å². The number of ether oxygens (including phenoxy) is 1. The quantitative estimate of drug-likeness (QED) is 0.814. The van der Waals surface area contributed by atoms with Gasteiger partial charge in [-0.15, -0.1) is 0 Å². The summed E-state index contributed by atoms with van der Waals surface area (Å²) in [5, 5.41) is 10.4. The van der Waals surface area contributed by atoms with E-state index in [1.807, 2.05) is 0 Å². The summed E-state index contributed by atoms with van der Waals surface area (Å²) in [5.74, 6) is 0.882. The van der Waals surface area contributed by atoms with Gasteiger partial charge in [-0.1, -0.05) is 5.16 Å². The second-order valence-electron chi connectivity index (χ2n) is 5.23. The first-order valence-electron chi connectivity index (χ1n) is 7.41. The van der Waals surface area contributed by atoms with Crippen LogP contribution in [0.3, 0.4) is 0 Å². The third-order valence-corrected chi connectivity index (χ3v) is 3.59. The number of carbonyl (C=O) groups is 1. The third kappa shape index (κ3) is 4.01. The monoisotopic (exact) mass is 319 g/mol. The van der Waals surface area contributed by atoms with Crippen LogP contribution in [0.4, 0.5) is 0 Å². The first-order valence-corrected chi connectivity index (χ1v) is 7.41. The highest BCUT2D eigenvalue weighted by atomic mass is 16.5. The summed E-state index contributed by atoms with van der Waals surface area (Å²) in [6.45, 7) is 1.37. The summed E-state index contributed by atoms with van der Waals surface area (Å²) < 4.78 is 11.5. The van der Waals surface area contributed by atoms with Crippen molar-refractivity contribution in [2.24, 2.45) is 0 Å². The molecule has 3 rings (SSSR count). The molecule has 2 aromatic rings. The molecule has 122 valence electrons. The molecule has 0 spiro atoms. The van der Waals surface area contributed by atoms with Gasteiger partial charge < -0.3 is 14.6 Å². The number of carbonyl (C=O) groups excluding carboxylic acids is 1. The van der Waals surface area contributed by atoms with E-state index in [1.54, 1.807) is 0 Å².